The van der Waals surface area contributed by atoms with Gasteiger partial charge < -0.3 is 19.5 Å². The number of methoxy groups -OCH3 is 1. The quantitative estimate of drug-likeness (QED) is 0.343. The van der Waals surface area contributed by atoms with Crippen molar-refractivity contribution in [2.24, 2.45) is 11.0 Å². The second-order valence-corrected chi connectivity index (χ2v) is 8.21. The monoisotopic (exact) mass is 519 g/mol. The van der Waals surface area contributed by atoms with Crippen molar-refractivity contribution < 1.29 is 23.8 Å². The minimum atomic E-state index is -0.761. The van der Waals surface area contributed by atoms with Crippen LogP contribution in [0.1, 0.15) is 43.6 Å². The van der Waals surface area contributed by atoms with Crippen LogP contribution in [0.2, 0.25) is 0 Å². The first-order chi connectivity index (χ1) is 15.8. The van der Waals surface area contributed by atoms with E-state index in [2.05, 4.69) is 31.8 Å². The molecule has 0 aliphatic carbocycles. The standard InChI is InChI=1S/C24H30BrN3O5/c1-6-32-20-13-16(12-19(25)22(20)33-7-2)14-26-28-24(30)21(15(3)4)27-23(29)17-8-10-18(31-5)11-9-17/h8-15,21H,6-7H2,1-5H3,(H,27,29)(H,28,30). The summed E-state index contributed by atoms with van der Waals surface area (Å²) in [6.07, 6.45) is 1.50. The van der Waals surface area contributed by atoms with Crippen molar-refractivity contribution >= 4 is 34.0 Å². The van der Waals surface area contributed by atoms with Crippen molar-refractivity contribution in [3.63, 3.8) is 0 Å². The first-order valence-electron chi connectivity index (χ1n) is 10.7. The molecule has 0 spiro atoms. The molecular weight excluding hydrogens is 490 g/mol. The van der Waals surface area contributed by atoms with Gasteiger partial charge in [0.1, 0.15) is 11.8 Å². The van der Waals surface area contributed by atoms with Gasteiger partial charge in [0, 0.05) is 5.56 Å². The van der Waals surface area contributed by atoms with Gasteiger partial charge >= 0.3 is 0 Å². The molecule has 0 aliphatic heterocycles. The zero-order chi connectivity index (χ0) is 24.4. The highest BCUT2D eigenvalue weighted by molar-refractivity contribution is 9.10. The average molecular weight is 520 g/mol. The predicted molar refractivity (Wildman–Crippen MR) is 131 cm³/mol. The number of ether oxygens (including phenoxy) is 3. The molecular formula is C24H30BrN3O5. The third kappa shape index (κ3) is 7.49. The van der Waals surface area contributed by atoms with Crippen LogP contribution in [-0.4, -0.2) is 44.4 Å². The van der Waals surface area contributed by atoms with Gasteiger partial charge in [-0.15, -0.1) is 0 Å². The minimum Gasteiger partial charge on any atom is -0.497 e. The largest absolute Gasteiger partial charge is 0.497 e. The number of halogens is 1. The van der Waals surface area contributed by atoms with Crippen LogP contribution in [0.5, 0.6) is 17.2 Å². The number of hydrazone groups is 1. The number of carbonyl (C=O) groups excluding carboxylic acids is 2. The summed E-state index contributed by atoms with van der Waals surface area (Å²) in [7, 11) is 1.55. The summed E-state index contributed by atoms with van der Waals surface area (Å²) in [5.41, 5.74) is 3.64. The number of benzene rings is 2. The van der Waals surface area contributed by atoms with E-state index in [1.165, 1.54) is 6.21 Å². The Hall–Kier alpha value is -3.07. The third-order valence-electron chi connectivity index (χ3n) is 4.60. The maximum Gasteiger partial charge on any atom is 0.262 e. The second-order valence-electron chi connectivity index (χ2n) is 7.35. The Morgan fingerprint density at radius 3 is 2.33 bits per heavy atom. The van der Waals surface area contributed by atoms with Crippen molar-refractivity contribution in [3.8, 4) is 17.2 Å². The molecule has 2 amide bonds. The molecule has 0 fully saturated rings. The lowest BCUT2D eigenvalue weighted by Crippen LogP contribution is -2.48. The maximum atomic E-state index is 12.7. The molecule has 0 bridgehead atoms. The van der Waals surface area contributed by atoms with Crippen LogP contribution in [0.4, 0.5) is 0 Å². The normalized spacial score (nSPS) is 11.8. The highest BCUT2D eigenvalue weighted by Crippen LogP contribution is 2.36. The molecule has 33 heavy (non-hydrogen) atoms. The van der Waals surface area contributed by atoms with Crippen LogP contribution < -0.4 is 25.0 Å². The first kappa shape index (κ1) is 26.2. The Morgan fingerprint density at radius 1 is 1.09 bits per heavy atom. The Kier molecular flexibility index (Phi) is 10.2. The molecule has 0 radical (unpaired) electrons. The number of rotatable bonds is 11. The van der Waals surface area contributed by atoms with Crippen molar-refractivity contribution in [1.82, 2.24) is 10.7 Å². The molecule has 0 aromatic heterocycles. The molecule has 1 atom stereocenters. The molecule has 2 aromatic carbocycles. The fourth-order valence-electron chi connectivity index (χ4n) is 2.95. The lowest BCUT2D eigenvalue weighted by Gasteiger charge is -2.20. The van der Waals surface area contributed by atoms with Crippen LogP contribution >= 0.6 is 15.9 Å². The van der Waals surface area contributed by atoms with Gasteiger partial charge in [0.25, 0.3) is 11.8 Å². The number of nitrogens with one attached hydrogen (secondary N) is 2. The fourth-order valence-corrected chi connectivity index (χ4v) is 3.53. The number of carbonyl (C=O) groups is 2. The average Bonchev–Trinajstić information content (AvgIpc) is 2.79. The van der Waals surface area contributed by atoms with Gasteiger partial charge in [-0.05, 0) is 77.7 Å². The van der Waals surface area contributed by atoms with Crippen molar-refractivity contribution in [2.45, 2.75) is 33.7 Å². The van der Waals surface area contributed by atoms with Gasteiger partial charge in [0.2, 0.25) is 0 Å². The van der Waals surface area contributed by atoms with Crippen molar-refractivity contribution in [1.29, 1.82) is 0 Å². The van der Waals surface area contributed by atoms with E-state index >= 15 is 0 Å². The van der Waals surface area contributed by atoms with E-state index < -0.39 is 11.9 Å². The number of nitrogens with zero attached hydrogens (tertiary/aromatic N) is 1. The Bertz CT molecular complexity index is 977. The van der Waals surface area contributed by atoms with E-state index in [9.17, 15) is 9.59 Å². The summed E-state index contributed by atoms with van der Waals surface area (Å²) in [6, 6.07) is 9.49. The molecule has 2 aromatic rings. The van der Waals surface area contributed by atoms with Gasteiger partial charge in [-0.3, -0.25) is 9.59 Å². The maximum absolute atomic E-state index is 12.7. The Morgan fingerprint density at radius 2 is 1.76 bits per heavy atom. The molecule has 0 aliphatic rings. The summed E-state index contributed by atoms with van der Waals surface area (Å²) in [6.45, 7) is 8.46. The highest BCUT2D eigenvalue weighted by atomic mass is 79.9. The third-order valence-corrected chi connectivity index (χ3v) is 5.19. The van der Waals surface area contributed by atoms with Crippen LogP contribution in [0.15, 0.2) is 46.0 Å². The lowest BCUT2D eigenvalue weighted by molar-refractivity contribution is -0.123. The Balaban J connectivity index is 2.08. The minimum absolute atomic E-state index is 0.147. The predicted octanol–water partition coefficient (Wildman–Crippen LogP) is 4.16. The van der Waals surface area contributed by atoms with E-state index in [1.807, 2.05) is 33.8 Å². The van der Waals surface area contributed by atoms with Crippen LogP contribution in [-0.2, 0) is 4.79 Å². The van der Waals surface area contributed by atoms with Crippen molar-refractivity contribution in [3.05, 3.63) is 52.0 Å². The van der Waals surface area contributed by atoms with E-state index in [-0.39, 0.29) is 11.8 Å². The molecule has 0 heterocycles. The van der Waals surface area contributed by atoms with Gasteiger partial charge in [0.15, 0.2) is 11.5 Å². The Labute approximate surface area is 202 Å². The van der Waals surface area contributed by atoms with Gasteiger partial charge in [-0.2, -0.15) is 5.10 Å². The topological polar surface area (TPSA) is 98.2 Å². The molecule has 8 nitrogen and oxygen atoms in total. The van der Waals surface area contributed by atoms with Crippen LogP contribution in [0, 0.1) is 5.92 Å². The van der Waals surface area contributed by atoms with Gasteiger partial charge in [-0.25, -0.2) is 5.43 Å². The molecule has 0 saturated carbocycles. The number of hydrogen-bond acceptors (Lipinski definition) is 6. The van der Waals surface area contributed by atoms with Crippen LogP contribution in [0.25, 0.3) is 0 Å². The van der Waals surface area contributed by atoms with Gasteiger partial charge in [-0.1, -0.05) is 13.8 Å². The smallest absolute Gasteiger partial charge is 0.262 e. The zero-order valence-corrected chi connectivity index (χ0v) is 21.1. The SMILES string of the molecule is CCOc1cc(C=NNC(=O)C(NC(=O)c2ccc(OC)cc2)C(C)C)cc(Br)c1OCC. The fraction of sp³-hybridized carbons (Fsp3) is 0.375. The van der Waals surface area contributed by atoms with E-state index in [1.54, 1.807) is 37.4 Å². The summed E-state index contributed by atoms with van der Waals surface area (Å²) < 4.78 is 17.1. The first-order valence-corrected chi connectivity index (χ1v) is 11.5. The number of hydrogen-bond donors (Lipinski definition) is 2. The molecule has 1 unspecified atom stereocenters. The van der Waals surface area contributed by atoms with Crippen molar-refractivity contribution in [2.75, 3.05) is 20.3 Å². The van der Waals surface area contributed by atoms with E-state index in [0.717, 1.165) is 4.47 Å². The van der Waals surface area contributed by atoms with Crippen LogP contribution in [0.3, 0.4) is 0 Å². The lowest BCUT2D eigenvalue weighted by atomic mass is 10.0. The highest BCUT2D eigenvalue weighted by Gasteiger charge is 2.24. The molecule has 2 rings (SSSR count). The number of amides is 2. The van der Waals surface area contributed by atoms with Gasteiger partial charge in [0.05, 0.1) is 31.0 Å². The molecule has 9 heteroatoms. The molecule has 0 saturated heterocycles. The van der Waals surface area contributed by atoms with E-state index in [4.69, 9.17) is 14.2 Å². The summed E-state index contributed by atoms with van der Waals surface area (Å²) in [5.74, 6) is 0.916. The second kappa shape index (κ2) is 12.8. The molecule has 178 valence electrons. The zero-order valence-electron chi connectivity index (χ0n) is 19.5. The molecule has 2 N–H and O–H groups in total. The summed E-state index contributed by atoms with van der Waals surface area (Å²) in [4.78, 5) is 25.3. The summed E-state index contributed by atoms with van der Waals surface area (Å²) >= 11 is 3.48. The summed E-state index contributed by atoms with van der Waals surface area (Å²) in [5, 5.41) is 6.82. The van der Waals surface area contributed by atoms with E-state index in [0.29, 0.717) is 41.6 Å².